The van der Waals surface area contributed by atoms with Crippen molar-refractivity contribution >= 4 is 27.5 Å². The number of nitrogens with one attached hydrogen (secondary N) is 1. The van der Waals surface area contributed by atoms with E-state index in [0.717, 1.165) is 21.7 Å². The van der Waals surface area contributed by atoms with Crippen molar-refractivity contribution in [2.75, 3.05) is 24.2 Å². The molecule has 0 fully saturated rings. The number of aryl methyl sites for hydroxylation is 1. The van der Waals surface area contributed by atoms with Crippen LogP contribution in [0, 0.1) is 6.92 Å². The fourth-order valence-corrected chi connectivity index (χ4v) is 3.86. The first-order chi connectivity index (χ1) is 13.6. The van der Waals surface area contributed by atoms with E-state index in [-0.39, 0.29) is 12.5 Å². The third kappa shape index (κ3) is 6.05. The monoisotopic (exact) mass is 417 g/mol. The summed E-state index contributed by atoms with van der Waals surface area (Å²) in [6.07, 6.45) is 1.06. The highest BCUT2D eigenvalue weighted by Gasteiger charge is 2.29. The summed E-state index contributed by atoms with van der Waals surface area (Å²) in [6.45, 7) is 3.37. The number of likely N-dealkylation sites (N-methyl/N-ethyl adjacent to an activating group) is 1. The van der Waals surface area contributed by atoms with Gasteiger partial charge < -0.3 is 10.2 Å². The van der Waals surface area contributed by atoms with Crippen LogP contribution in [-0.2, 0) is 26.2 Å². The molecule has 0 aliphatic carbocycles. The highest BCUT2D eigenvalue weighted by molar-refractivity contribution is 7.92. The first-order valence-corrected chi connectivity index (χ1v) is 11.1. The van der Waals surface area contributed by atoms with Gasteiger partial charge in [-0.25, -0.2) is 8.42 Å². The summed E-state index contributed by atoms with van der Waals surface area (Å²) in [5, 5.41) is 2.55. The number of anilines is 1. The van der Waals surface area contributed by atoms with Crippen LogP contribution >= 0.6 is 0 Å². The summed E-state index contributed by atoms with van der Waals surface area (Å²) in [6, 6.07) is 15.3. The van der Waals surface area contributed by atoms with Crippen LogP contribution in [0.15, 0.2) is 54.6 Å². The molecule has 0 aliphatic heterocycles. The molecule has 2 aromatic rings. The molecule has 0 saturated heterocycles. The van der Waals surface area contributed by atoms with Gasteiger partial charge in [0.2, 0.25) is 21.8 Å². The lowest BCUT2D eigenvalue weighted by Crippen LogP contribution is -2.50. The number of hydrogen-bond donors (Lipinski definition) is 1. The highest BCUT2D eigenvalue weighted by Crippen LogP contribution is 2.18. The van der Waals surface area contributed by atoms with Gasteiger partial charge in [0.1, 0.15) is 12.6 Å². The number of sulfonamides is 1. The molecular weight excluding hydrogens is 390 g/mol. The predicted octanol–water partition coefficient (Wildman–Crippen LogP) is 1.92. The molecule has 0 saturated carbocycles. The largest absolute Gasteiger partial charge is 0.357 e. The van der Waals surface area contributed by atoms with Crippen LogP contribution < -0.4 is 9.62 Å². The van der Waals surface area contributed by atoms with Crippen LogP contribution in [0.4, 0.5) is 5.69 Å². The van der Waals surface area contributed by atoms with E-state index in [1.807, 2.05) is 31.2 Å². The molecular formula is C21H27N3O4S. The summed E-state index contributed by atoms with van der Waals surface area (Å²) in [7, 11) is -2.19. The molecule has 0 bridgehead atoms. The van der Waals surface area contributed by atoms with Crippen molar-refractivity contribution in [2.24, 2.45) is 0 Å². The van der Waals surface area contributed by atoms with E-state index in [2.05, 4.69) is 5.32 Å². The number of carbonyl (C=O) groups is 2. The number of benzene rings is 2. The quantitative estimate of drug-likeness (QED) is 0.711. The van der Waals surface area contributed by atoms with E-state index < -0.39 is 28.5 Å². The SMILES string of the molecule is CNC(=O)[C@@H](C)N(Cc1cccc(C)c1)C(=O)CN(c1ccccc1)S(C)(=O)=O. The average Bonchev–Trinajstić information content (AvgIpc) is 2.68. The second kappa shape index (κ2) is 9.56. The van der Waals surface area contributed by atoms with Gasteiger partial charge in [-0.3, -0.25) is 13.9 Å². The molecule has 7 nitrogen and oxygen atoms in total. The van der Waals surface area contributed by atoms with Gasteiger partial charge in [-0.15, -0.1) is 0 Å². The van der Waals surface area contributed by atoms with E-state index >= 15 is 0 Å². The Morgan fingerprint density at radius 1 is 1.07 bits per heavy atom. The summed E-state index contributed by atoms with van der Waals surface area (Å²) < 4.78 is 25.7. The maximum absolute atomic E-state index is 13.2. The van der Waals surface area contributed by atoms with E-state index in [4.69, 9.17) is 0 Å². The van der Waals surface area contributed by atoms with Crippen LogP contribution in [-0.4, -0.2) is 51.0 Å². The fourth-order valence-electron chi connectivity index (χ4n) is 3.01. The van der Waals surface area contributed by atoms with Crippen molar-refractivity contribution in [3.8, 4) is 0 Å². The molecule has 0 unspecified atom stereocenters. The zero-order valence-corrected chi connectivity index (χ0v) is 17.9. The molecule has 2 aromatic carbocycles. The molecule has 8 heteroatoms. The van der Waals surface area contributed by atoms with Crippen LogP contribution in [0.2, 0.25) is 0 Å². The summed E-state index contributed by atoms with van der Waals surface area (Å²) in [5.41, 5.74) is 2.29. The Kier molecular flexibility index (Phi) is 7.39. The number of carbonyl (C=O) groups excluding carboxylic acids is 2. The Hall–Kier alpha value is -2.87. The zero-order chi connectivity index (χ0) is 21.6. The van der Waals surface area contributed by atoms with E-state index in [9.17, 15) is 18.0 Å². The van der Waals surface area contributed by atoms with Gasteiger partial charge >= 0.3 is 0 Å². The molecule has 0 heterocycles. The van der Waals surface area contributed by atoms with Crippen LogP contribution in [0.25, 0.3) is 0 Å². The lowest BCUT2D eigenvalue weighted by atomic mass is 10.1. The minimum atomic E-state index is -3.69. The van der Waals surface area contributed by atoms with Gasteiger partial charge in [0.05, 0.1) is 11.9 Å². The smallest absolute Gasteiger partial charge is 0.244 e. The molecule has 1 atom stereocenters. The summed E-state index contributed by atoms with van der Waals surface area (Å²) >= 11 is 0. The standard InChI is InChI=1S/C21H27N3O4S/c1-16-9-8-10-18(13-16)14-23(17(2)21(26)22-3)20(25)15-24(29(4,27)28)19-11-6-5-7-12-19/h5-13,17H,14-15H2,1-4H3,(H,22,26)/t17-/m1/s1. The molecule has 156 valence electrons. The fraction of sp³-hybridized carbons (Fsp3) is 0.333. The molecule has 0 aliphatic rings. The van der Waals surface area contributed by atoms with Gasteiger partial charge in [0.15, 0.2) is 0 Å². The van der Waals surface area contributed by atoms with Crippen molar-refractivity contribution in [2.45, 2.75) is 26.4 Å². The molecule has 0 aromatic heterocycles. The Bertz CT molecular complexity index is 961. The van der Waals surface area contributed by atoms with E-state index in [0.29, 0.717) is 5.69 Å². The van der Waals surface area contributed by atoms with Crippen LogP contribution in [0.3, 0.4) is 0 Å². The molecule has 2 rings (SSSR count). The number of nitrogens with zero attached hydrogens (tertiary/aromatic N) is 2. The number of amides is 2. The Labute approximate surface area is 172 Å². The van der Waals surface area contributed by atoms with Crippen LogP contribution in [0.1, 0.15) is 18.1 Å². The third-order valence-electron chi connectivity index (χ3n) is 4.57. The van der Waals surface area contributed by atoms with Crippen molar-refractivity contribution in [1.82, 2.24) is 10.2 Å². The third-order valence-corrected chi connectivity index (χ3v) is 5.71. The topological polar surface area (TPSA) is 86.8 Å². The van der Waals surface area contributed by atoms with Crippen LogP contribution in [0.5, 0.6) is 0 Å². The average molecular weight is 418 g/mol. The normalized spacial score (nSPS) is 12.1. The van der Waals surface area contributed by atoms with Crippen molar-refractivity contribution in [3.05, 3.63) is 65.7 Å². The number of hydrogen-bond acceptors (Lipinski definition) is 4. The van der Waals surface area contributed by atoms with Gasteiger partial charge in [0, 0.05) is 13.6 Å². The maximum atomic E-state index is 13.2. The van der Waals surface area contributed by atoms with E-state index in [1.165, 1.54) is 11.9 Å². The molecule has 0 spiro atoms. The first-order valence-electron chi connectivity index (χ1n) is 9.23. The minimum Gasteiger partial charge on any atom is -0.357 e. The molecule has 0 radical (unpaired) electrons. The minimum absolute atomic E-state index is 0.196. The number of rotatable bonds is 8. The zero-order valence-electron chi connectivity index (χ0n) is 17.1. The first kappa shape index (κ1) is 22.4. The molecule has 29 heavy (non-hydrogen) atoms. The van der Waals surface area contributed by atoms with Crippen molar-refractivity contribution in [3.63, 3.8) is 0 Å². The second-order valence-electron chi connectivity index (χ2n) is 6.91. The van der Waals surface area contributed by atoms with Gasteiger partial charge in [-0.05, 0) is 31.5 Å². The van der Waals surface area contributed by atoms with Gasteiger partial charge in [-0.2, -0.15) is 0 Å². The maximum Gasteiger partial charge on any atom is 0.244 e. The Balaban J connectivity index is 2.35. The number of para-hydroxylation sites is 1. The van der Waals surface area contributed by atoms with Crippen molar-refractivity contribution < 1.29 is 18.0 Å². The highest BCUT2D eigenvalue weighted by atomic mass is 32.2. The lowest BCUT2D eigenvalue weighted by molar-refractivity contribution is -0.139. The molecule has 2 amide bonds. The van der Waals surface area contributed by atoms with Gasteiger partial charge in [0.25, 0.3) is 0 Å². The summed E-state index contributed by atoms with van der Waals surface area (Å²) in [4.78, 5) is 26.8. The Morgan fingerprint density at radius 2 is 1.72 bits per heavy atom. The van der Waals surface area contributed by atoms with E-state index in [1.54, 1.807) is 37.3 Å². The van der Waals surface area contributed by atoms with Gasteiger partial charge in [-0.1, -0.05) is 48.0 Å². The predicted molar refractivity (Wildman–Crippen MR) is 114 cm³/mol. The molecule has 1 N–H and O–H groups in total. The Morgan fingerprint density at radius 3 is 2.28 bits per heavy atom. The second-order valence-corrected chi connectivity index (χ2v) is 8.81. The van der Waals surface area contributed by atoms with Crippen molar-refractivity contribution in [1.29, 1.82) is 0 Å². The lowest BCUT2D eigenvalue weighted by Gasteiger charge is -2.31. The summed E-state index contributed by atoms with van der Waals surface area (Å²) in [5.74, 6) is -0.784.